The average Bonchev–Trinajstić information content (AvgIpc) is 2.97. The summed E-state index contributed by atoms with van der Waals surface area (Å²) < 4.78 is 26.3. The number of benzene rings is 1. The van der Waals surface area contributed by atoms with Crippen LogP contribution >= 0.6 is 0 Å². The molecule has 120 valence electrons. The van der Waals surface area contributed by atoms with E-state index in [0.717, 1.165) is 4.31 Å². The van der Waals surface area contributed by atoms with Crippen molar-refractivity contribution in [1.29, 1.82) is 0 Å². The molecule has 8 heteroatoms. The van der Waals surface area contributed by atoms with Crippen LogP contribution in [0.25, 0.3) is 0 Å². The molecule has 1 atom stereocenters. The molecule has 0 bridgehead atoms. The fraction of sp³-hybridized carbons (Fsp3) is 0.429. The SMILES string of the molecule is CN(C)C(=O)c1cccc(S(=O)(=O)N2CCC(C(=O)O)C2)c1. The molecule has 1 aromatic rings. The minimum atomic E-state index is -3.79. The molecule has 1 aliphatic rings. The van der Waals surface area contributed by atoms with Gasteiger partial charge in [-0.2, -0.15) is 4.31 Å². The van der Waals surface area contributed by atoms with Crippen LogP contribution in [-0.2, 0) is 14.8 Å². The van der Waals surface area contributed by atoms with Gasteiger partial charge in [-0.15, -0.1) is 0 Å². The second-order valence-corrected chi connectivity index (χ2v) is 7.35. The molecule has 1 aromatic carbocycles. The van der Waals surface area contributed by atoms with Crippen LogP contribution in [0.3, 0.4) is 0 Å². The molecule has 0 aliphatic carbocycles. The topological polar surface area (TPSA) is 95.0 Å². The maximum absolute atomic E-state index is 12.6. The van der Waals surface area contributed by atoms with E-state index in [2.05, 4.69) is 0 Å². The smallest absolute Gasteiger partial charge is 0.307 e. The molecule has 1 N–H and O–H groups in total. The van der Waals surface area contributed by atoms with E-state index >= 15 is 0 Å². The first-order valence-corrected chi connectivity index (χ1v) is 8.22. The van der Waals surface area contributed by atoms with Crippen LogP contribution in [0.2, 0.25) is 0 Å². The highest BCUT2D eigenvalue weighted by atomic mass is 32.2. The number of carboxylic acids is 1. The highest BCUT2D eigenvalue weighted by Crippen LogP contribution is 2.25. The summed E-state index contributed by atoms with van der Waals surface area (Å²) in [6.45, 7) is 0.134. The van der Waals surface area contributed by atoms with Crippen LogP contribution in [0.15, 0.2) is 29.2 Å². The summed E-state index contributed by atoms with van der Waals surface area (Å²) in [6.07, 6.45) is 0.297. The molecule has 0 spiro atoms. The quantitative estimate of drug-likeness (QED) is 0.868. The number of nitrogens with zero attached hydrogens (tertiary/aromatic N) is 2. The maximum Gasteiger partial charge on any atom is 0.307 e. The standard InChI is InChI=1S/C14H18N2O5S/c1-15(2)13(17)10-4-3-5-12(8-10)22(20,21)16-7-6-11(9-16)14(18)19/h3-5,8,11H,6-7,9H2,1-2H3,(H,18,19). The maximum atomic E-state index is 12.6. The lowest BCUT2D eigenvalue weighted by Gasteiger charge is -2.17. The van der Waals surface area contributed by atoms with E-state index < -0.39 is 21.9 Å². The largest absolute Gasteiger partial charge is 0.481 e. The monoisotopic (exact) mass is 326 g/mol. The molecule has 1 heterocycles. The Bertz CT molecular complexity index is 699. The summed E-state index contributed by atoms with van der Waals surface area (Å²) in [5.41, 5.74) is 0.278. The van der Waals surface area contributed by atoms with E-state index in [1.165, 1.54) is 23.1 Å². The number of hydrogen-bond donors (Lipinski definition) is 1. The summed E-state index contributed by atoms with van der Waals surface area (Å²) in [5.74, 6) is -1.96. The van der Waals surface area contributed by atoms with Crippen molar-refractivity contribution in [1.82, 2.24) is 9.21 Å². The molecule has 22 heavy (non-hydrogen) atoms. The van der Waals surface area contributed by atoms with Gasteiger partial charge in [-0.05, 0) is 24.6 Å². The van der Waals surface area contributed by atoms with Gasteiger partial charge in [0, 0.05) is 32.7 Å². The van der Waals surface area contributed by atoms with Gasteiger partial charge < -0.3 is 10.0 Å². The Balaban J connectivity index is 2.29. The molecule has 0 saturated carbocycles. The zero-order valence-electron chi connectivity index (χ0n) is 12.4. The van der Waals surface area contributed by atoms with Gasteiger partial charge in [-0.25, -0.2) is 8.42 Å². The van der Waals surface area contributed by atoms with Gasteiger partial charge in [0.2, 0.25) is 10.0 Å². The number of sulfonamides is 1. The van der Waals surface area contributed by atoms with Crippen LogP contribution in [0.5, 0.6) is 0 Å². The van der Waals surface area contributed by atoms with Crippen molar-refractivity contribution in [2.45, 2.75) is 11.3 Å². The Morgan fingerprint density at radius 2 is 2.00 bits per heavy atom. The van der Waals surface area contributed by atoms with Crippen LogP contribution in [0.4, 0.5) is 0 Å². The van der Waals surface area contributed by atoms with Crippen LogP contribution in [-0.4, -0.2) is 61.8 Å². The minimum absolute atomic E-state index is 0.00578. The van der Waals surface area contributed by atoms with Crippen LogP contribution < -0.4 is 0 Å². The van der Waals surface area contributed by atoms with E-state index in [1.807, 2.05) is 0 Å². The molecule has 1 amide bonds. The number of aliphatic carboxylic acids is 1. The van der Waals surface area contributed by atoms with Crippen LogP contribution in [0.1, 0.15) is 16.8 Å². The van der Waals surface area contributed by atoms with Gasteiger partial charge >= 0.3 is 5.97 Å². The molecule has 1 fully saturated rings. The zero-order valence-corrected chi connectivity index (χ0v) is 13.2. The number of rotatable bonds is 4. The Labute approximate surface area is 129 Å². The molecule has 1 unspecified atom stereocenters. The van der Waals surface area contributed by atoms with Crippen molar-refractivity contribution < 1.29 is 23.1 Å². The van der Waals surface area contributed by atoms with Gasteiger partial charge in [0.25, 0.3) is 5.91 Å². The summed E-state index contributed by atoms with van der Waals surface area (Å²) in [7, 11) is -0.618. The third kappa shape index (κ3) is 3.12. The van der Waals surface area contributed by atoms with Crippen molar-refractivity contribution in [2.24, 2.45) is 5.92 Å². The Kier molecular flexibility index (Phi) is 4.52. The van der Waals surface area contributed by atoms with Gasteiger partial charge in [0.1, 0.15) is 0 Å². The van der Waals surface area contributed by atoms with Gasteiger partial charge in [-0.3, -0.25) is 9.59 Å². The van der Waals surface area contributed by atoms with Gasteiger partial charge in [0.05, 0.1) is 10.8 Å². The lowest BCUT2D eigenvalue weighted by molar-refractivity contribution is -0.141. The Hall–Kier alpha value is -1.93. The highest BCUT2D eigenvalue weighted by Gasteiger charge is 2.35. The molecule has 0 radical (unpaired) electrons. The van der Waals surface area contributed by atoms with E-state index in [-0.39, 0.29) is 29.5 Å². The second-order valence-electron chi connectivity index (χ2n) is 5.41. The molecule has 0 aromatic heterocycles. The fourth-order valence-corrected chi connectivity index (χ4v) is 3.89. The summed E-state index contributed by atoms with van der Waals surface area (Å²) in [5, 5.41) is 8.97. The molecule has 2 rings (SSSR count). The molecular formula is C14H18N2O5S. The fourth-order valence-electron chi connectivity index (χ4n) is 2.34. The molecule has 1 saturated heterocycles. The van der Waals surface area contributed by atoms with Crippen molar-refractivity contribution in [2.75, 3.05) is 27.2 Å². The predicted octanol–water partition coefficient (Wildman–Crippen LogP) is 0.484. The average molecular weight is 326 g/mol. The first kappa shape index (κ1) is 16.4. The molecule has 7 nitrogen and oxygen atoms in total. The van der Waals surface area contributed by atoms with E-state index in [1.54, 1.807) is 20.2 Å². The number of amides is 1. The lowest BCUT2D eigenvalue weighted by Crippen LogP contribution is -2.30. The first-order valence-electron chi connectivity index (χ1n) is 6.78. The number of hydrogen-bond acceptors (Lipinski definition) is 4. The minimum Gasteiger partial charge on any atom is -0.481 e. The number of carbonyl (C=O) groups excluding carboxylic acids is 1. The van der Waals surface area contributed by atoms with Gasteiger partial charge in [0.15, 0.2) is 0 Å². The third-order valence-corrected chi connectivity index (χ3v) is 5.49. The van der Waals surface area contributed by atoms with Crippen molar-refractivity contribution >= 4 is 21.9 Å². The van der Waals surface area contributed by atoms with Crippen molar-refractivity contribution in [3.8, 4) is 0 Å². The Morgan fingerprint density at radius 1 is 1.32 bits per heavy atom. The molecule has 1 aliphatic heterocycles. The van der Waals surface area contributed by atoms with Crippen LogP contribution in [0, 0.1) is 5.92 Å². The normalized spacial score (nSPS) is 19.1. The van der Waals surface area contributed by atoms with E-state index in [0.29, 0.717) is 6.42 Å². The van der Waals surface area contributed by atoms with E-state index in [4.69, 9.17) is 5.11 Å². The zero-order chi connectivity index (χ0) is 16.5. The first-order chi connectivity index (χ1) is 10.2. The summed E-state index contributed by atoms with van der Waals surface area (Å²) in [6, 6.07) is 5.79. The summed E-state index contributed by atoms with van der Waals surface area (Å²) in [4.78, 5) is 24.3. The lowest BCUT2D eigenvalue weighted by atomic mass is 10.1. The highest BCUT2D eigenvalue weighted by molar-refractivity contribution is 7.89. The van der Waals surface area contributed by atoms with Crippen molar-refractivity contribution in [3.63, 3.8) is 0 Å². The van der Waals surface area contributed by atoms with Gasteiger partial charge in [-0.1, -0.05) is 6.07 Å². The van der Waals surface area contributed by atoms with E-state index in [9.17, 15) is 18.0 Å². The second kappa shape index (κ2) is 6.05. The molecular weight excluding hydrogens is 308 g/mol. The summed E-state index contributed by atoms with van der Waals surface area (Å²) >= 11 is 0. The predicted molar refractivity (Wildman–Crippen MR) is 79.0 cm³/mol. The van der Waals surface area contributed by atoms with Crippen molar-refractivity contribution in [3.05, 3.63) is 29.8 Å². The number of carbonyl (C=O) groups is 2. The Morgan fingerprint density at radius 3 is 2.55 bits per heavy atom. The number of carboxylic acid groups (broad SMARTS) is 1. The third-order valence-electron chi connectivity index (χ3n) is 3.63.